The topological polar surface area (TPSA) is 64.0 Å². The molecule has 100 valence electrons. The van der Waals surface area contributed by atoms with Crippen LogP contribution in [0.4, 0.5) is 13.2 Å². The Hall–Kier alpha value is -1.28. The predicted molar refractivity (Wildman–Crippen MR) is 57.6 cm³/mol. The van der Waals surface area contributed by atoms with Crippen LogP contribution in [0.5, 0.6) is 0 Å². The Morgan fingerprint density at radius 1 is 1.44 bits per heavy atom. The van der Waals surface area contributed by atoms with Crippen molar-refractivity contribution in [2.45, 2.75) is 12.7 Å². The Kier molecular flexibility index (Phi) is 4.58. The Morgan fingerprint density at radius 2 is 2.06 bits per heavy atom. The van der Waals surface area contributed by atoms with Crippen LogP contribution in [0.25, 0.3) is 0 Å². The van der Waals surface area contributed by atoms with Crippen LogP contribution in [0.2, 0.25) is 10.0 Å². The molecule has 0 bridgehead atoms. The number of halogens is 5. The minimum atomic E-state index is -4.52. The maximum atomic E-state index is 11.8. The second kappa shape index (κ2) is 5.57. The number of aromatic nitrogens is 2. The minimum absolute atomic E-state index is 0.103. The van der Waals surface area contributed by atoms with Crippen LogP contribution >= 0.6 is 23.2 Å². The van der Waals surface area contributed by atoms with E-state index in [1.807, 2.05) is 0 Å². The molecule has 1 aromatic heterocycles. The third-order valence-corrected chi connectivity index (χ3v) is 2.47. The summed E-state index contributed by atoms with van der Waals surface area (Å²) in [6, 6.07) is 0. The standard InChI is InChI=1S/C8H6Cl2F3N3O2/c9-4-1-15-16(7(18)6(4)10)2-5(17)14-3-8(11,12)13/h1H,2-3H2,(H,14,17). The highest BCUT2D eigenvalue weighted by atomic mass is 35.5. The number of alkyl halides is 3. The molecule has 10 heteroatoms. The van der Waals surface area contributed by atoms with Crippen molar-refractivity contribution in [3.8, 4) is 0 Å². The number of nitrogens with one attached hydrogen (secondary N) is 1. The molecule has 0 saturated heterocycles. The largest absolute Gasteiger partial charge is 0.405 e. The quantitative estimate of drug-likeness (QED) is 0.913. The first kappa shape index (κ1) is 14.8. The number of rotatable bonds is 3. The number of carbonyl (C=O) groups excluding carboxylic acids is 1. The van der Waals surface area contributed by atoms with Gasteiger partial charge in [-0.1, -0.05) is 23.2 Å². The van der Waals surface area contributed by atoms with Gasteiger partial charge in [0.1, 0.15) is 18.1 Å². The fourth-order valence-electron chi connectivity index (χ4n) is 0.948. The van der Waals surface area contributed by atoms with E-state index in [0.717, 1.165) is 6.20 Å². The number of hydrogen-bond donors (Lipinski definition) is 1. The zero-order valence-corrected chi connectivity index (χ0v) is 10.1. The van der Waals surface area contributed by atoms with Crippen molar-refractivity contribution in [3.63, 3.8) is 0 Å². The highest BCUT2D eigenvalue weighted by molar-refractivity contribution is 6.41. The maximum Gasteiger partial charge on any atom is 0.405 e. The number of hydrogen-bond acceptors (Lipinski definition) is 3. The molecule has 0 aliphatic rings. The summed E-state index contributed by atoms with van der Waals surface area (Å²) < 4.78 is 36.1. The molecule has 0 spiro atoms. The Balaban J connectivity index is 2.72. The second-order valence-corrected chi connectivity index (χ2v) is 3.95. The summed E-state index contributed by atoms with van der Waals surface area (Å²) in [5.74, 6) is -1.01. The van der Waals surface area contributed by atoms with E-state index >= 15 is 0 Å². The normalized spacial score (nSPS) is 11.4. The van der Waals surface area contributed by atoms with Gasteiger partial charge < -0.3 is 5.32 Å². The lowest BCUT2D eigenvalue weighted by Gasteiger charge is -2.09. The predicted octanol–water partition coefficient (Wildman–Crippen LogP) is 1.23. The van der Waals surface area contributed by atoms with Crippen LogP contribution in [0.15, 0.2) is 11.0 Å². The summed E-state index contributed by atoms with van der Waals surface area (Å²) in [4.78, 5) is 22.5. The molecule has 0 aliphatic heterocycles. The van der Waals surface area contributed by atoms with Crippen LogP contribution in [0, 0.1) is 0 Å². The molecule has 0 unspecified atom stereocenters. The fraction of sp³-hybridized carbons (Fsp3) is 0.375. The monoisotopic (exact) mass is 303 g/mol. The molecular weight excluding hydrogens is 298 g/mol. The van der Waals surface area contributed by atoms with Gasteiger partial charge in [0, 0.05) is 0 Å². The molecule has 0 aliphatic carbocycles. The van der Waals surface area contributed by atoms with Gasteiger partial charge in [0.05, 0.1) is 11.2 Å². The molecule has 0 atom stereocenters. The highest BCUT2D eigenvalue weighted by Crippen LogP contribution is 2.14. The molecule has 0 saturated carbocycles. The van der Waals surface area contributed by atoms with Gasteiger partial charge in [-0.2, -0.15) is 18.3 Å². The Labute approximate surface area is 108 Å². The smallest absolute Gasteiger partial charge is 0.345 e. The van der Waals surface area contributed by atoms with Gasteiger partial charge in [0.2, 0.25) is 5.91 Å². The fourth-order valence-corrected chi connectivity index (χ4v) is 1.22. The van der Waals surface area contributed by atoms with E-state index in [-0.39, 0.29) is 10.0 Å². The van der Waals surface area contributed by atoms with E-state index in [0.29, 0.717) is 4.68 Å². The lowest BCUT2D eigenvalue weighted by molar-refractivity contribution is -0.138. The lowest BCUT2D eigenvalue weighted by Crippen LogP contribution is -2.38. The van der Waals surface area contributed by atoms with Crippen LogP contribution in [0.3, 0.4) is 0 Å². The van der Waals surface area contributed by atoms with E-state index in [9.17, 15) is 22.8 Å². The van der Waals surface area contributed by atoms with Gasteiger partial charge in [-0.3, -0.25) is 9.59 Å². The second-order valence-electron chi connectivity index (χ2n) is 3.16. The van der Waals surface area contributed by atoms with Crippen molar-refractivity contribution in [2.24, 2.45) is 0 Å². The number of nitrogens with zero attached hydrogens (tertiary/aromatic N) is 2. The number of carbonyl (C=O) groups is 1. The van der Waals surface area contributed by atoms with Crippen molar-refractivity contribution >= 4 is 29.1 Å². The average Bonchev–Trinajstić information content (AvgIpc) is 2.26. The van der Waals surface area contributed by atoms with E-state index < -0.39 is 30.7 Å². The van der Waals surface area contributed by atoms with E-state index in [1.165, 1.54) is 0 Å². The van der Waals surface area contributed by atoms with Crippen LogP contribution in [-0.4, -0.2) is 28.4 Å². The zero-order chi connectivity index (χ0) is 13.9. The lowest BCUT2D eigenvalue weighted by atomic mass is 10.5. The first-order valence-electron chi connectivity index (χ1n) is 4.45. The molecule has 0 radical (unpaired) electrons. The third-order valence-electron chi connectivity index (χ3n) is 1.72. The summed E-state index contributed by atoms with van der Waals surface area (Å²) in [5, 5.41) is 4.61. The van der Waals surface area contributed by atoms with E-state index in [4.69, 9.17) is 23.2 Å². The van der Waals surface area contributed by atoms with Crippen LogP contribution in [0.1, 0.15) is 0 Å². The molecule has 1 heterocycles. The highest BCUT2D eigenvalue weighted by Gasteiger charge is 2.27. The van der Waals surface area contributed by atoms with Gasteiger partial charge >= 0.3 is 6.18 Å². The Morgan fingerprint density at radius 3 is 2.61 bits per heavy atom. The van der Waals surface area contributed by atoms with E-state index in [1.54, 1.807) is 5.32 Å². The Bertz CT molecular complexity index is 515. The first-order valence-corrected chi connectivity index (χ1v) is 5.21. The van der Waals surface area contributed by atoms with Crippen molar-refractivity contribution in [3.05, 3.63) is 26.6 Å². The van der Waals surface area contributed by atoms with Gasteiger partial charge in [0.15, 0.2) is 0 Å². The van der Waals surface area contributed by atoms with Crippen molar-refractivity contribution in [2.75, 3.05) is 6.54 Å². The van der Waals surface area contributed by atoms with Gasteiger partial charge in [-0.25, -0.2) is 4.68 Å². The first-order chi connectivity index (χ1) is 8.20. The van der Waals surface area contributed by atoms with E-state index in [2.05, 4.69) is 5.10 Å². The number of amides is 1. The summed E-state index contributed by atoms with van der Waals surface area (Å²) in [6.45, 7) is -2.16. The molecule has 18 heavy (non-hydrogen) atoms. The SMILES string of the molecule is O=C(Cn1ncc(Cl)c(Cl)c1=O)NCC(F)(F)F. The molecule has 1 rings (SSSR count). The third kappa shape index (κ3) is 4.19. The van der Waals surface area contributed by atoms with Crippen LogP contribution in [-0.2, 0) is 11.3 Å². The maximum absolute atomic E-state index is 11.8. The zero-order valence-electron chi connectivity index (χ0n) is 8.59. The van der Waals surface area contributed by atoms with Gasteiger partial charge in [0.25, 0.3) is 5.56 Å². The summed E-state index contributed by atoms with van der Waals surface area (Å²) in [5.41, 5.74) is -0.855. The summed E-state index contributed by atoms with van der Waals surface area (Å²) in [6.07, 6.45) is -3.51. The van der Waals surface area contributed by atoms with Crippen molar-refractivity contribution < 1.29 is 18.0 Å². The van der Waals surface area contributed by atoms with Crippen molar-refractivity contribution in [1.29, 1.82) is 0 Å². The minimum Gasteiger partial charge on any atom is -0.345 e. The van der Waals surface area contributed by atoms with Crippen molar-refractivity contribution in [1.82, 2.24) is 15.1 Å². The molecule has 5 nitrogen and oxygen atoms in total. The van der Waals surface area contributed by atoms with Gasteiger partial charge in [-0.15, -0.1) is 0 Å². The summed E-state index contributed by atoms with van der Waals surface area (Å²) >= 11 is 11.0. The molecule has 1 amide bonds. The van der Waals surface area contributed by atoms with Gasteiger partial charge in [-0.05, 0) is 0 Å². The average molecular weight is 304 g/mol. The summed E-state index contributed by atoms with van der Waals surface area (Å²) in [7, 11) is 0. The molecule has 1 N–H and O–H groups in total. The molecule has 0 fully saturated rings. The van der Waals surface area contributed by atoms with Crippen LogP contribution < -0.4 is 10.9 Å². The molecular formula is C8H6Cl2F3N3O2. The molecule has 0 aromatic carbocycles. The molecule has 1 aromatic rings.